The fourth-order valence-electron chi connectivity index (χ4n) is 2.93. The van der Waals surface area contributed by atoms with Crippen molar-refractivity contribution in [3.8, 4) is 0 Å². The predicted molar refractivity (Wildman–Crippen MR) is 81.2 cm³/mol. The Morgan fingerprint density at radius 2 is 2.05 bits per heavy atom. The molecule has 5 heteroatoms. The summed E-state index contributed by atoms with van der Waals surface area (Å²) in [6.07, 6.45) is 4.88. The third-order valence-electron chi connectivity index (χ3n) is 4.39. The van der Waals surface area contributed by atoms with Crippen LogP contribution >= 0.6 is 0 Å². The van der Waals surface area contributed by atoms with E-state index in [1.807, 2.05) is 0 Å². The monoisotopic (exact) mass is 277 g/mol. The number of rotatable bonds is 5. The van der Waals surface area contributed by atoms with Crippen LogP contribution in [0.4, 0.5) is 11.4 Å². The van der Waals surface area contributed by atoms with E-state index in [1.54, 1.807) is 12.1 Å². The van der Waals surface area contributed by atoms with Crippen LogP contribution in [-0.2, 0) is 0 Å². The minimum atomic E-state index is -0.955. The Hall–Kier alpha value is -1.75. The van der Waals surface area contributed by atoms with Crippen molar-refractivity contribution in [3.05, 3.63) is 23.8 Å². The summed E-state index contributed by atoms with van der Waals surface area (Å²) in [6, 6.07) is 4.83. The lowest BCUT2D eigenvalue weighted by molar-refractivity contribution is 0.0697. The number of aromatic carboxylic acids is 1. The van der Waals surface area contributed by atoms with Gasteiger partial charge in [0.05, 0.1) is 16.9 Å². The molecule has 2 rings (SSSR count). The average molecular weight is 277 g/mol. The summed E-state index contributed by atoms with van der Waals surface area (Å²) in [5.74, 6) is -0.955. The molecule has 1 aliphatic carbocycles. The van der Waals surface area contributed by atoms with Crippen LogP contribution in [0.2, 0.25) is 0 Å². The van der Waals surface area contributed by atoms with Crippen LogP contribution in [-0.4, -0.2) is 42.2 Å². The van der Waals surface area contributed by atoms with E-state index in [4.69, 9.17) is 10.8 Å². The zero-order valence-corrected chi connectivity index (χ0v) is 12.1. The van der Waals surface area contributed by atoms with Crippen molar-refractivity contribution in [1.29, 1.82) is 0 Å². The molecule has 0 aromatic heterocycles. The van der Waals surface area contributed by atoms with Gasteiger partial charge in [-0.2, -0.15) is 0 Å². The highest BCUT2D eigenvalue weighted by atomic mass is 16.4. The number of carboxylic acid groups (broad SMARTS) is 1. The second kappa shape index (κ2) is 5.71. The number of nitrogens with two attached hydrogens (primary N) is 1. The van der Waals surface area contributed by atoms with E-state index < -0.39 is 5.97 Å². The van der Waals surface area contributed by atoms with E-state index in [9.17, 15) is 4.79 Å². The first-order valence-electron chi connectivity index (χ1n) is 6.99. The lowest BCUT2D eigenvalue weighted by Gasteiger charge is -2.37. The predicted octanol–water partition coefficient (Wildman–Crippen LogP) is 2.25. The molecule has 20 heavy (non-hydrogen) atoms. The zero-order chi connectivity index (χ0) is 14.8. The Morgan fingerprint density at radius 1 is 1.40 bits per heavy atom. The summed E-state index contributed by atoms with van der Waals surface area (Å²) in [6.45, 7) is 0.830. The largest absolute Gasteiger partial charge is 0.478 e. The van der Waals surface area contributed by atoms with Crippen LogP contribution in [0.3, 0.4) is 0 Å². The van der Waals surface area contributed by atoms with E-state index in [2.05, 4.69) is 24.3 Å². The van der Waals surface area contributed by atoms with Gasteiger partial charge in [-0.3, -0.25) is 0 Å². The average Bonchev–Trinajstić information content (AvgIpc) is 2.87. The van der Waals surface area contributed by atoms with E-state index in [-0.39, 0.29) is 11.1 Å². The van der Waals surface area contributed by atoms with Gasteiger partial charge in [0.15, 0.2) is 0 Å². The SMILES string of the molecule is CN(C)C1(CNc2ccc(C(=O)O)cc2N)CCCC1. The summed E-state index contributed by atoms with van der Waals surface area (Å²) >= 11 is 0. The zero-order valence-electron chi connectivity index (χ0n) is 12.1. The number of anilines is 2. The molecule has 0 atom stereocenters. The van der Waals surface area contributed by atoms with Gasteiger partial charge in [-0.15, -0.1) is 0 Å². The number of likely N-dealkylation sites (N-methyl/N-ethyl adjacent to an activating group) is 1. The van der Waals surface area contributed by atoms with Gasteiger partial charge in [0.25, 0.3) is 0 Å². The smallest absolute Gasteiger partial charge is 0.335 e. The minimum Gasteiger partial charge on any atom is -0.478 e. The van der Waals surface area contributed by atoms with Gasteiger partial charge < -0.3 is 21.1 Å². The molecule has 0 spiro atoms. The number of hydrogen-bond donors (Lipinski definition) is 3. The van der Waals surface area contributed by atoms with Crippen molar-refractivity contribution in [3.63, 3.8) is 0 Å². The second-order valence-electron chi connectivity index (χ2n) is 5.79. The third kappa shape index (κ3) is 2.88. The molecule has 1 aromatic carbocycles. The number of nitrogens with one attached hydrogen (secondary N) is 1. The van der Waals surface area contributed by atoms with Crippen LogP contribution in [0.15, 0.2) is 18.2 Å². The Kier molecular flexibility index (Phi) is 4.18. The molecular weight excluding hydrogens is 254 g/mol. The molecule has 1 aliphatic rings. The lowest BCUT2D eigenvalue weighted by Crippen LogP contribution is -2.47. The first-order chi connectivity index (χ1) is 9.44. The molecule has 1 saturated carbocycles. The van der Waals surface area contributed by atoms with Crippen molar-refractivity contribution in [2.24, 2.45) is 0 Å². The van der Waals surface area contributed by atoms with Crippen molar-refractivity contribution in [2.45, 2.75) is 31.2 Å². The van der Waals surface area contributed by atoms with Crippen LogP contribution < -0.4 is 11.1 Å². The van der Waals surface area contributed by atoms with Gasteiger partial charge in [-0.25, -0.2) is 4.79 Å². The van der Waals surface area contributed by atoms with Gasteiger partial charge in [-0.05, 0) is 45.1 Å². The molecule has 0 heterocycles. The van der Waals surface area contributed by atoms with E-state index in [0.29, 0.717) is 5.69 Å². The summed E-state index contributed by atoms with van der Waals surface area (Å²) in [5.41, 5.74) is 7.61. The van der Waals surface area contributed by atoms with Gasteiger partial charge in [-0.1, -0.05) is 12.8 Å². The van der Waals surface area contributed by atoms with Gasteiger partial charge in [0.1, 0.15) is 0 Å². The van der Waals surface area contributed by atoms with Crippen LogP contribution in [0.1, 0.15) is 36.0 Å². The molecule has 5 nitrogen and oxygen atoms in total. The standard InChI is InChI=1S/C15H23N3O2/c1-18(2)15(7-3-4-8-15)10-17-13-6-5-11(14(19)20)9-12(13)16/h5-6,9,17H,3-4,7-8,10,16H2,1-2H3,(H,19,20). The van der Waals surface area contributed by atoms with Crippen molar-refractivity contribution in [1.82, 2.24) is 4.90 Å². The maximum Gasteiger partial charge on any atom is 0.335 e. The molecule has 110 valence electrons. The number of hydrogen-bond acceptors (Lipinski definition) is 4. The first-order valence-corrected chi connectivity index (χ1v) is 6.99. The van der Waals surface area contributed by atoms with Crippen molar-refractivity contribution < 1.29 is 9.90 Å². The highest BCUT2D eigenvalue weighted by Gasteiger charge is 2.35. The Balaban J connectivity index is 2.09. The molecule has 0 aliphatic heterocycles. The molecule has 0 saturated heterocycles. The molecule has 0 amide bonds. The Bertz CT molecular complexity index is 494. The fraction of sp³-hybridized carbons (Fsp3) is 0.533. The number of carboxylic acids is 1. The second-order valence-corrected chi connectivity index (χ2v) is 5.79. The fourth-order valence-corrected chi connectivity index (χ4v) is 2.93. The molecule has 1 aromatic rings. The van der Waals surface area contributed by atoms with Gasteiger partial charge in [0, 0.05) is 12.1 Å². The molecule has 1 fully saturated rings. The quantitative estimate of drug-likeness (QED) is 0.719. The number of benzene rings is 1. The topological polar surface area (TPSA) is 78.6 Å². The number of carbonyl (C=O) groups is 1. The Labute approximate surface area is 119 Å². The third-order valence-corrected chi connectivity index (χ3v) is 4.39. The Morgan fingerprint density at radius 3 is 2.55 bits per heavy atom. The van der Waals surface area contributed by atoms with Gasteiger partial charge in [0.2, 0.25) is 0 Å². The molecule has 0 radical (unpaired) electrons. The van der Waals surface area contributed by atoms with E-state index in [0.717, 1.165) is 12.2 Å². The number of nitrogen functional groups attached to an aromatic ring is 1. The highest BCUT2D eigenvalue weighted by molar-refractivity contribution is 5.90. The highest BCUT2D eigenvalue weighted by Crippen LogP contribution is 2.34. The summed E-state index contributed by atoms with van der Waals surface area (Å²) in [4.78, 5) is 13.2. The normalized spacial score (nSPS) is 17.4. The number of nitrogens with zero attached hydrogens (tertiary/aromatic N) is 1. The summed E-state index contributed by atoms with van der Waals surface area (Å²) < 4.78 is 0. The first kappa shape index (κ1) is 14.7. The van der Waals surface area contributed by atoms with Crippen LogP contribution in [0.25, 0.3) is 0 Å². The lowest BCUT2D eigenvalue weighted by atomic mass is 9.96. The molecule has 0 unspecified atom stereocenters. The minimum absolute atomic E-state index is 0.178. The van der Waals surface area contributed by atoms with E-state index in [1.165, 1.54) is 31.7 Å². The molecule has 4 N–H and O–H groups in total. The van der Waals surface area contributed by atoms with Gasteiger partial charge >= 0.3 is 5.97 Å². The maximum absolute atomic E-state index is 10.9. The maximum atomic E-state index is 10.9. The molecule has 0 bridgehead atoms. The van der Waals surface area contributed by atoms with E-state index >= 15 is 0 Å². The molecular formula is C15H23N3O2. The van der Waals surface area contributed by atoms with Crippen LogP contribution in [0.5, 0.6) is 0 Å². The summed E-state index contributed by atoms with van der Waals surface area (Å²) in [7, 11) is 4.23. The van der Waals surface area contributed by atoms with Crippen LogP contribution in [0, 0.1) is 0 Å². The van der Waals surface area contributed by atoms with Crippen molar-refractivity contribution >= 4 is 17.3 Å². The summed E-state index contributed by atoms with van der Waals surface area (Å²) in [5, 5.41) is 12.3. The van der Waals surface area contributed by atoms with Crippen molar-refractivity contribution in [2.75, 3.05) is 31.7 Å².